The van der Waals surface area contributed by atoms with Crippen LogP contribution in [0.15, 0.2) is 6.20 Å². The van der Waals surface area contributed by atoms with Crippen LogP contribution >= 0.6 is 19.2 Å². The lowest BCUT2D eigenvalue weighted by Crippen LogP contribution is -2.34. The Morgan fingerprint density at radius 1 is 1.32 bits per heavy atom. The van der Waals surface area contributed by atoms with Crippen LogP contribution in [0.3, 0.4) is 0 Å². The van der Waals surface area contributed by atoms with Gasteiger partial charge in [-0.15, -0.1) is 0 Å². The summed E-state index contributed by atoms with van der Waals surface area (Å²) >= 11 is 6.12. The van der Waals surface area contributed by atoms with Crippen LogP contribution in [-0.4, -0.2) is 76.6 Å². The van der Waals surface area contributed by atoms with E-state index in [-0.39, 0.29) is 17.9 Å². The molecule has 0 radical (unpaired) electrons. The predicted molar refractivity (Wildman–Crippen MR) is 110 cm³/mol. The largest absolute Gasteiger partial charge is 0.387 e. The maximum Gasteiger partial charge on any atom is 0.353 e. The molecule has 3 heterocycles. The second-order valence-electron chi connectivity index (χ2n) is 7.86. The molecule has 5 atom stereocenters. The molecule has 1 aliphatic carbocycles. The third kappa shape index (κ3) is 4.71. The number of hydrogen-bond acceptors (Lipinski definition) is 9. The molecule has 172 valence electrons. The number of hydrogen-bond donors (Lipinski definition) is 5. The number of nitrogens with zero attached hydrogens (tertiary/aromatic N) is 4. The second-order valence-corrected chi connectivity index (χ2v) is 10.1. The maximum absolute atomic E-state index is 11.2. The molecule has 2 aromatic rings. The third-order valence-corrected chi connectivity index (χ3v) is 6.94. The summed E-state index contributed by atoms with van der Waals surface area (Å²) in [6, 6.07) is 0.283. The number of ether oxygens (including phenoxy) is 2. The van der Waals surface area contributed by atoms with Crippen molar-refractivity contribution >= 4 is 36.0 Å². The lowest BCUT2D eigenvalue weighted by molar-refractivity contribution is -0.0742. The number of anilines is 1. The SMILES string of the molecule is C[C@@H](OC[C@H]1O[C@@H](n2ncc3c(NC4CCCC4)nc(Cl)nc32)[C@H](O)[C@@H]1O)P(=O)(O)O. The van der Waals surface area contributed by atoms with Gasteiger partial charge in [0.1, 0.15) is 24.1 Å². The van der Waals surface area contributed by atoms with Gasteiger partial charge in [0.05, 0.1) is 18.2 Å². The summed E-state index contributed by atoms with van der Waals surface area (Å²) < 4.78 is 23.4. The fraction of sp³-hybridized carbons (Fsp3) is 0.706. The van der Waals surface area contributed by atoms with Gasteiger partial charge in [0.25, 0.3) is 0 Å². The van der Waals surface area contributed by atoms with Crippen molar-refractivity contribution in [2.75, 3.05) is 11.9 Å². The van der Waals surface area contributed by atoms with E-state index in [4.69, 9.17) is 30.9 Å². The summed E-state index contributed by atoms with van der Waals surface area (Å²) in [6.07, 6.45) is 1.02. The average Bonchev–Trinajstić information content (AvgIpc) is 3.41. The zero-order valence-corrected chi connectivity index (χ0v) is 18.4. The van der Waals surface area contributed by atoms with Gasteiger partial charge < -0.3 is 34.8 Å². The van der Waals surface area contributed by atoms with Gasteiger partial charge in [0.2, 0.25) is 5.28 Å². The van der Waals surface area contributed by atoms with Crippen LogP contribution in [0.2, 0.25) is 5.28 Å². The average molecular weight is 478 g/mol. The lowest BCUT2D eigenvalue weighted by atomic mass is 10.1. The Morgan fingerprint density at radius 3 is 2.71 bits per heavy atom. The minimum absolute atomic E-state index is 0.00173. The first-order valence-corrected chi connectivity index (χ1v) is 12.1. The normalized spacial score (nSPS) is 28.5. The lowest BCUT2D eigenvalue weighted by Gasteiger charge is -2.19. The van der Waals surface area contributed by atoms with E-state index in [1.54, 1.807) is 0 Å². The second kappa shape index (κ2) is 8.87. The van der Waals surface area contributed by atoms with Crippen molar-refractivity contribution in [1.82, 2.24) is 19.7 Å². The molecule has 1 saturated carbocycles. The van der Waals surface area contributed by atoms with E-state index in [0.29, 0.717) is 16.9 Å². The Hall–Kier alpha value is -1.37. The number of nitrogens with one attached hydrogen (secondary N) is 1. The Kier molecular flexibility index (Phi) is 6.53. The molecule has 0 spiro atoms. The third-order valence-electron chi connectivity index (χ3n) is 5.68. The van der Waals surface area contributed by atoms with E-state index in [2.05, 4.69) is 20.4 Å². The molecule has 2 fully saturated rings. The summed E-state index contributed by atoms with van der Waals surface area (Å²) in [6.45, 7) is 0.888. The van der Waals surface area contributed by atoms with Crippen LogP contribution in [0.5, 0.6) is 0 Å². The topological polar surface area (TPSA) is 172 Å². The van der Waals surface area contributed by atoms with Gasteiger partial charge in [-0.05, 0) is 31.4 Å². The molecule has 4 rings (SSSR count). The van der Waals surface area contributed by atoms with Crippen molar-refractivity contribution in [3.05, 3.63) is 11.5 Å². The highest BCUT2D eigenvalue weighted by Gasteiger charge is 2.45. The molecule has 14 heteroatoms. The number of rotatable bonds is 7. The van der Waals surface area contributed by atoms with Crippen LogP contribution in [0.4, 0.5) is 5.82 Å². The summed E-state index contributed by atoms with van der Waals surface area (Å²) in [7, 11) is -4.45. The standard InChI is InChI=1S/C17H25ClN5O7P/c1-8(31(26,27)28)29-7-11-12(24)13(25)16(30-11)23-15-10(6-19-23)14(21-17(18)22-15)20-9-4-2-3-5-9/h6,8-9,11-13,16,24-25H,2-5,7H2,1H3,(H,20,21,22)(H2,26,27,28)/t8-,11+,12+,13+,16+/m0/s1. The minimum Gasteiger partial charge on any atom is -0.387 e. The zero-order valence-electron chi connectivity index (χ0n) is 16.7. The van der Waals surface area contributed by atoms with Crippen LogP contribution in [-0.2, 0) is 14.0 Å². The molecule has 1 aliphatic heterocycles. The van der Waals surface area contributed by atoms with Crippen molar-refractivity contribution < 1.29 is 34.0 Å². The Morgan fingerprint density at radius 2 is 2.03 bits per heavy atom. The van der Waals surface area contributed by atoms with Crippen molar-refractivity contribution in [2.45, 2.75) is 69.0 Å². The highest BCUT2D eigenvalue weighted by atomic mass is 35.5. The van der Waals surface area contributed by atoms with Crippen LogP contribution < -0.4 is 5.32 Å². The summed E-state index contributed by atoms with van der Waals surface area (Å²) in [4.78, 5) is 26.8. The molecule has 2 aromatic heterocycles. The van der Waals surface area contributed by atoms with E-state index >= 15 is 0 Å². The molecule has 0 amide bonds. The highest BCUT2D eigenvalue weighted by Crippen LogP contribution is 2.42. The Balaban J connectivity index is 1.55. The van der Waals surface area contributed by atoms with Gasteiger partial charge in [-0.3, -0.25) is 4.57 Å². The molecule has 0 bridgehead atoms. The van der Waals surface area contributed by atoms with Gasteiger partial charge >= 0.3 is 7.60 Å². The molecular formula is C17H25ClN5O7P. The molecule has 5 N–H and O–H groups in total. The predicted octanol–water partition coefficient (Wildman–Crippen LogP) is 0.994. The first-order valence-electron chi connectivity index (χ1n) is 10.0. The fourth-order valence-corrected chi connectivity index (χ4v) is 4.30. The minimum atomic E-state index is -4.45. The van der Waals surface area contributed by atoms with Gasteiger partial charge in [-0.1, -0.05) is 12.8 Å². The molecule has 2 aliphatic rings. The number of halogens is 1. The number of aromatic nitrogens is 4. The Bertz CT molecular complexity index is 981. The molecular weight excluding hydrogens is 453 g/mol. The fourth-order valence-electron chi connectivity index (χ4n) is 3.86. The van der Waals surface area contributed by atoms with Crippen molar-refractivity contribution in [2.24, 2.45) is 0 Å². The van der Waals surface area contributed by atoms with Crippen molar-refractivity contribution in [3.8, 4) is 0 Å². The van der Waals surface area contributed by atoms with Gasteiger partial charge in [0.15, 0.2) is 17.7 Å². The van der Waals surface area contributed by atoms with E-state index in [9.17, 15) is 14.8 Å². The maximum atomic E-state index is 11.2. The van der Waals surface area contributed by atoms with E-state index < -0.39 is 38.0 Å². The monoisotopic (exact) mass is 477 g/mol. The number of aliphatic hydroxyl groups excluding tert-OH is 2. The van der Waals surface area contributed by atoms with Crippen LogP contribution in [0.1, 0.15) is 38.8 Å². The molecule has 31 heavy (non-hydrogen) atoms. The molecule has 0 aromatic carbocycles. The Labute approximate surface area is 182 Å². The van der Waals surface area contributed by atoms with Gasteiger partial charge in [-0.2, -0.15) is 15.1 Å². The van der Waals surface area contributed by atoms with E-state index in [1.165, 1.54) is 17.8 Å². The molecule has 0 unspecified atom stereocenters. The number of fused-ring (bicyclic) bond motifs is 1. The first kappa shape index (κ1) is 22.8. The first-order chi connectivity index (χ1) is 14.6. The van der Waals surface area contributed by atoms with Gasteiger partial charge in [0, 0.05) is 6.04 Å². The van der Waals surface area contributed by atoms with E-state index in [0.717, 1.165) is 25.7 Å². The molecule has 12 nitrogen and oxygen atoms in total. The smallest absolute Gasteiger partial charge is 0.353 e. The van der Waals surface area contributed by atoms with Crippen LogP contribution in [0, 0.1) is 0 Å². The summed E-state index contributed by atoms with van der Waals surface area (Å²) in [5, 5.41) is 29.1. The van der Waals surface area contributed by atoms with Crippen LogP contribution in [0.25, 0.3) is 11.0 Å². The van der Waals surface area contributed by atoms with E-state index in [1.807, 2.05) is 0 Å². The summed E-state index contributed by atoms with van der Waals surface area (Å²) in [5.74, 6) is -0.836. The zero-order chi connectivity index (χ0) is 22.3. The highest BCUT2D eigenvalue weighted by molar-refractivity contribution is 7.52. The summed E-state index contributed by atoms with van der Waals surface area (Å²) in [5.41, 5.74) is 0.321. The number of aliphatic hydroxyl groups is 2. The quantitative estimate of drug-likeness (QED) is 0.284. The molecule has 1 saturated heterocycles. The van der Waals surface area contributed by atoms with Gasteiger partial charge in [-0.25, -0.2) is 4.68 Å². The van der Waals surface area contributed by atoms with Crippen molar-refractivity contribution in [3.63, 3.8) is 0 Å². The van der Waals surface area contributed by atoms with Crippen molar-refractivity contribution in [1.29, 1.82) is 0 Å².